The number of hydrazine groups is 1. The Balaban J connectivity index is 2.44. The average Bonchev–Trinajstić information content (AvgIpc) is 2.35. The molecular formula is C12H14N2O4. The molecule has 0 saturated heterocycles. The quantitative estimate of drug-likeness (QED) is 0.600. The normalized spacial score (nSPS) is 11.2. The number of benzene rings is 1. The SMILES string of the molecule is CC(=O)O[C@@H](C)C(=O)NNC(=O)c1ccccc1. The van der Waals surface area contributed by atoms with Gasteiger partial charge in [-0.05, 0) is 19.1 Å². The van der Waals surface area contributed by atoms with E-state index >= 15 is 0 Å². The van der Waals surface area contributed by atoms with Crippen LogP contribution in [0.1, 0.15) is 24.2 Å². The fourth-order valence-electron chi connectivity index (χ4n) is 1.18. The molecule has 1 aromatic carbocycles. The van der Waals surface area contributed by atoms with E-state index < -0.39 is 23.9 Å². The first-order valence-corrected chi connectivity index (χ1v) is 5.33. The van der Waals surface area contributed by atoms with Crippen molar-refractivity contribution in [3.05, 3.63) is 35.9 Å². The standard InChI is InChI=1S/C12H14N2O4/c1-8(18-9(2)15)11(16)13-14-12(17)10-6-4-3-5-7-10/h3-8H,1-2H3,(H,13,16)(H,14,17)/t8-/m0/s1. The van der Waals surface area contributed by atoms with Gasteiger partial charge in [0.25, 0.3) is 11.8 Å². The molecule has 0 bridgehead atoms. The van der Waals surface area contributed by atoms with Crippen LogP contribution in [-0.2, 0) is 14.3 Å². The van der Waals surface area contributed by atoms with Crippen molar-refractivity contribution in [3.8, 4) is 0 Å². The molecule has 1 atom stereocenters. The summed E-state index contributed by atoms with van der Waals surface area (Å²) in [4.78, 5) is 33.6. The number of hydrogen-bond donors (Lipinski definition) is 2. The van der Waals surface area contributed by atoms with Gasteiger partial charge in [-0.25, -0.2) is 0 Å². The summed E-state index contributed by atoms with van der Waals surface area (Å²) in [7, 11) is 0. The smallest absolute Gasteiger partial charge is 0.303 e. The minimum atomic E-state index is -0.960. The largest absolute Gasteiger partial charge is 0.453 e. The van der Waals surface area contributed by atoms with Crippen molar-refractivity contribution >= 4 is 17.8 Å². The lowest BCUT2D eigenvalue weighted by molar-refractivity contribution is -0.152. The van der Waals surface area contributed by atoms with Crippen LogP contribution in [0.4, 0.5) is 0 Å². The number of hydrogen-bond acceptors (Lipinski definition) is 4. The summed E-state index contributed by atoms with van der Waals surface area (Å²) >= 11 is 0. The lowest BCUT2D eigenvalue weighted by atomic mass is 10.2. The third kappa shape index (κ3) is 4.25. The molecule has 1 rings (SSSR count). The molecule has 0 aliphatic heterocycles. The predicted octanol–water partition coefficient (Wildman–Crippen LogP) is 0.399. The highest BCUT2D eigenvalue weighted by Crippen LogP contribution is 1.97. The summed E-state index contributed by atoms with van der Waals surface area (Å²) in [6.45, 7) is 2.61. The third-order valence-corrected chi connectivity index (χ3v) is 2.05. The Morgan fingerprint density at radius 2 is 1.72 bits per heavy atom. The second kappa shape index (κ2) is 6.39. The maximum absolute atomic E-state index is 11.6. The highest BCUT2D eigenvalue weighted by Gasteiger charge is 2.16. The highest BCUT2D eigenvalue weighted by molar-refractivity contribution is 5.95. The van der Waals surface area contributed by atoms with Gasteiger partial charge in [-0.2, -0.15) is 0 Å². The molecule has 2 N–H and O–H groups in total. The van der Waals surface area contributed by atoms with Crippen LogP contribution in [0, 0.1) is 0 Å². The summed E-state index contributed by atoms with van der Waals surface area (Å²) in [5.74, 6) is -1.61. The number of carbonyl (C=O) groups is 3. The molecule has 0 aliphatic carbocycles. The Bertz CT molecular complexity index is 445. The zero-order valence-electron chi connectivity index (χ0n) is 10.1. The van der Waals surface area contributed by atoms with Gasteiger partial charge in [-0.3, -0.25) is 25.2 Å². The molecule has 1 aromatic rings. The van der Waals surface area contributed by atoms with Crippen LogP contribution in [0.2, 0.25) is 0 Å². The van der Waals surface area contributed by atoms with Crippen LogP contribution < -0.4 is 10.9 Å². The molecule has 0 spiro atoms. The zero-order valence-corrected chi connectivity index (χ0v) is 10.1. The Kier molecular flexibility index (Phi) is 4.86. The van der Waals surface area contributed by atoms with Crippen LogP contribution in [0.3, 0.4) is 0 Å². The highest BCUT2D eigenvalue weighted by atomic mass is 16.5. The molecule has 0 radical (unpaired) electrons. The first-order chi connectivity index (χ1) is 8.50. The molecule has 0 aromatic heterocycles. The van der Waals surface area contributed by atoms with Gasteiger partial charge in [-0.15, -0.1) is 0 Å². The van der Waals surface area contributed by atoms with E-state index in [1.54, 1.807) is 30.3 Å². The molecule has 0 unspecified atom stereocenters. The van der Waals surface area contributed by atoms with E-state index in [1.807, 2.05) is 0 Å². The van der Waals surface area contributed by atoms with E-state index in [-0.39, 0.29) is 0 Å². The van der Waals surface area contributed by atoms with E-state index in [9.17, 15) is 14.4 Å². The van der Waals surface area contributed by atoms with Crippen LogP contribution >= 0.6 is 0 Å². The van der Waals surface area contributed by atoms with Crippen LogP contribution in [-0.4, -0.2) is 23.9 Å². The molecule has 18 heavy (non-hydrogen) atoms. The number of esters is 1. The third-order valence-electron chi connectivity index (χ3n) is 2.05. The molecule has 0 heterocycles. The second-order valence-electron chi connectivity index (χ2n) is 3.56. The molecule has 2 amide bonds. The molecule has 0 saturated carbocycles. The van der Waals surface area contributed by atoms with E-state index in [4.69, 9.17) is 0 Å². The molecule has 0 fully saturated rings. The topological polar surface area (TPSA) is 84.5 Å². The van der Waals surface area contributed by atoms with E-state index in [0.29, 0.717) is 5.56 Å². The van der Waals surface area contributed by atoms with Gasteiger partial charge in [0.15, 0.2) is 6.10 Å². The first kappa shape index (κ1) is 13.7. The number of rotatable bonds is 3. The Morgan fingerprint density at radius 3 is 2.28 bits per heavy atom. The van der Waals surface area contributed by atoms with Crippen molar-refractivity contribution in [2.45, 2.75) is 20.0 Å². The fraction of sp³-hybridized carbons (Fsp3) is 0.250. The van der Waals surface area contributed by atoms with Crippen molar-refractivity contribution in [1.82, 2.24) is 10.9 Å². The van der Waals surface area contributed by atoms with E-state index in [0.717, 1.165) is 0 Å². The second-order valence-corrected chi connectivity index (χ2v) is 3.56. The van der Waals surface area contributed by atoms with Crippen LogP contribution in [0.25, 0.3) is 0 Å². The molecule has 0 aliphatic rings. The summed E-state index contributed by atoms with van der Waals surface area (Å²) in [5, 5.41) is 0. The summed E-state index contributed by atoms with van der Waals surface area (Å²) in [6.07, 6.45) is -0.960. The Morgan fingerprint density at radius 1 is 1.11 bits per heavy atom. The molecule has 6 heteroatoms. The molecule has 96 valence electrons. The van der Waals surface area contributed by atoms with E-state index in [1.165, 1.54) is 13.8 Å². The number of nitrogens with one attached hydrogen (secondary N) is 2. The van der Waals surface area contributed by atoms with Gasteiger partial charge >= 0.3 is 5.97 Å². The minimum Gasteiger partial charge on any atom is -0.453 e. The first-order valence-electron chi connectivity index (χ1n) is 5.33. The number of amides is 2. The summed E-state index contributed by atoms with van der Waals surface area (Å²) in [6, 6.07) is 8.41. The molecule has 6 nitrogen and oxygen atoms in total. The van der Waals surface area contributed by atoms with Crippen molar-refractivity contribution in [2.24, 2.45) is 0 Å². The zero-order chi connectivity index (χ0) is 13.5. The number of carbonyl (C=O) groups excluding carboxylic acids is 3. The Labute approximate surface area is 104 Å². The van der Waals surface area contributed by atoms with Gasteiger partial charge in [0.1, 0.15) is 0 Å². The maximum Gasteiger partial charge on any atom is 0.303 e. The van der Waals surface area contributed by atoms with Crippen LogP contribution in [0.5, 0.6) is 0 Å². The lowest BCUT2D eigenvalue weighted by Crippen LogP contribution is -2.46. The van der Waals surface area contributed by atoms with Gasteiger partial charge in [0, 0.05) is 12.5 Å². The number of ether oxygens (including phenoxy) is 1. The van der Waals surface area contributed by atoms with Gasteiger partial charge < -0.3 is 4.74 Å². The predicted molar refractivity (Wildman–Crippen MR) is 63.3 cm³/mol. The fourth-order valence-corrected chi connectivity index (χ4v) is 1.18. The summed E-state index contributed by atoms with van der Waals surface area (Å²) < 4.78 is 4.65. The van der Waals surface area contributed by atoms with Crippen molar-refractivity contribution in [1.29, 1.82) is 0 Å². The van der Waals surface area contributed by atoms with Gasteiger partial charge in [0.05, 0.1) is 0 Å². The van der Waals surface area contributed by atoms with Crippen LogP contribution in [0.15, 0.2) is 30.3 Å². The van der Waals surface area contributed by atoms with Gasteiger partial charge in [0.2, 0.25) is 0 Å². The van der Waals surface area contributed by atoms with E-state index in [2.05, 4.69) is 15.6 Å². The van der Waals surface area contributed by atoms with Crippen molar-refractivity contribution in [3.63, 3.8) is 0 Å². The Hall–Kier alpha value is -2.37. The van der Waals surface area contributed by atoms with Crippen molar-refractivity contribution in [2.75, 3.05) is 0 Å². The molecular weight excluding hydrogens is 236 g/mol. The van der Waals surface area contributed by atoms with Gasteiger partial charge in [-0.1, -0.05) is 18.2 Å². The van der Waals surface area contributed by atoms with Crippen molar-refractivity contribution < 1.29 is 19.1 Å². The maximum atomic E-state index is 11.6. The minimum absolute atomic E-state index is 0.415. The average molecular weight is 250 g/mol. The lowest BCUT2D eigenvalue weighted by Gasteiger charge is -2.12. The monoisotopic (exact) mass is 250 g/mol. The summed E-state index contributed by atoms with van der Waals surface area (Å²) in [5.41, 5.74) is 4.81.